The van der Waals surface area contributed by atoms with Crippen molar-refractivity contribution in [2.24, 2.45) is 0 Å². The predicted molar refractivity (Wildman–Crippen MR) is 105 cm³/mol. The smallest absolute Gasteiger partial charge is 0.111 e. The maximum absolute atomic E-state index is 4.45. The van der Waals surface area contributed by atoms with E-state index in [1.807, 2.05) is 18.2 Å². The Morgan fingerprint density at radius 3 is 1.96 bits per heavy atom. The standard InChI is InChI=1S/C21H18N3P/c1-3-9-18(10-4-1)25(19-11-5-2-6-12-19)16-17-15-21(24-23-17)20-13-7-8-14-22-20/h1-15H,16H2,(H,23,24). The maximum Gasteiger partial charge on any atom is 0.111 e. The van der Waals surface area contributed by atoms with Gasteiger partial charge in [-0.3, -0.25) is 10.1 Å². The molecule has 0 spiro atoms. The Morgan fingerprint density at radius 1 is 0.720 bits per heavy atom. The Kier molecular flexibility index (Phi) is 4.67. The number of aromatic amines is 1. The van der Waals surface area contributed by atoms with Crippen LogP contribution in [0.1, 0.15) is 5.69 Å². The first-order chi connectivity index (χ1) is 12.4. The van der Waals surface area contributed by atoms with Crippen molar-refractivity contribution in [3.05, 3.63) is 96.8 Å². The average Bonchev–Trinajstić information content (AvgIpc) is 3.17. The molecule has 0 fully saturated rings. The molecule has 2 aromatic heterocycles. The molecule has 1 N–H and O–H groups in total. The highest BCUT2D eigenvalue weighted by Crippen LogP contribution is 2.37. The molecule has 0 unspecified atom stereocenters. The van der Waals surface area contributed by atoms with Crippen molar-refractivity contribution in [2.75, 3.05) is 0 Å². The van der Waals surface area contributed by atoms with E-state index in [9.17, 15) is 0 Å². The van der Waals surface area contributed by atoms with Crippen LogP contribution in [0, 0.1) is 0 Å². The molecule has 0 radical (unpaired) electrons. The normalized spacial score (nSPS) is 10.9. The van der Waals surface area contributed by atoms with Crippen molar-refractivity contribution in [2.45, 2.75) is 6.16 Å². The number of aromatic nitrogens is 3. The third-order valence-electron chi connectivity index (χ3n) is 4.02. The topological polar surface area (TPSA) is 41.6 Å². The summed E-state index contributed by atoms with van der Waals surface area (Å²) in [5.74, 6) is 0. The molecule has 122 valence electrons. The summed E-state index contributed by atoms with van der Waals surface area (Å²) in [5, 5.41) is 10.4. The van der Waals surface area contributed by atoms with Gasteiger partial charge in [-0.1, -0.05) is 66.7 Å². The Hall–Kier alpha value is -2.77. The third-order valence-corrected chi connectivity index (χ3v) is 6.52. The fourth-order valence-electron chi connectivity index (χ4n) is 2.81. The van der Waals surface area contributed by atoms with Gasteiger partial charge in [0, 0.05) is 18.1 Å². The minimum absolute atomic E-state index is 0.474. The monoisotopic (exact) mass is 343 g/mol. The second-order valence-electron chi connectivity index (χ2n) is 5.75. The number of pyridine rings is 1. The van der Waals surface area contributed by atoms with Crippen molar-refractivity contribution in [3.63, 3.8) is 0 Å². The largest absolute Gasteiger partial charge is 0.282 e. The summed E-state index contributed by atoms with van der Waals surface area (Å²) in [5.41, 5.74) is 2.93. The van der Waals surface area contributed by atoms with E-state index in [0.29, 0.717) is 0 Å². The second kappa shape index (κ2) is 7.42. The predicted octanol–water partition coefficient (Wildman–Crippen LogP) is 4.10. The lowest BCUT2D eigenvalue weighted by Crippen LogP contribution is -2.13. The van der Waals surface area contributed by atoms with Gasteiger partial charge in [-0.2, -0.15) is 5.10 Å². The van der Waals surface area contributed by atoms with Gasteiger partial charge in [0.25, 0.3) is 0 Å². The lowest BCUT2D eigenvalue weighted by Gasteiger charge is -2.17. The highest BCUT2D eigenvalue weighted by Gasteiger charge is 2.16. The Morgan fingerprint density at radius 2 is 1.36 bits per heavy atom. The summed E-state index contributed by atoms with van der Waals surface area (Å²) < 4.78 is 0. The molecule has 0 aliphatic carbocycles. The molecule has 3 nitrogen and oxygen atoms in total. The summed E-state index contributed by atoms with van der Waals surface area (Å²) in [4.78, 5) is 4.38. The lowest BCUT2D eigenvalue weighted by atomic mass is 10.2. The zero-order chi connectivity index (χ0) is 16.9. The quantitative estimate of drug-likeness (QED) is 0.554. The Balaban J connectivity index is 1.65. The van der Waals surface area contributed by atoms with Crippen LogP contribution in [0.3, 0.4) is 0 Å². The summed E-state index contributed by atoms with van der Waals surface area (Å²) in [7, 11) is -0.474. The molecule has 0 amide bonds. The molecule has 4 heteroatoms. The van der Waals surface area contributed by atoms with Gasteiger partial charge in [-0.05, 0) is 36.7 Å². The van der Waals surface area contributed by atoms with Crippen molar-refractivity contribution in [1.29, 1.82) is 0 Å². The molecule has 2 aromatic carbocycles. The third kappa shape index (κ3) is 3.67. The van der Waals surface area contributed by atoms with Gasteiger partial charge in [0.05, 0.1) is 5.69 Å². The number of rotatable bonds is 5. The zero-order valence-corrected chi connectivity index (χ0v) is 14.6. The molecule has 4 rings (SSSR count). The summed E-state index contributed by atoms with van der Waals surface area (Å²) in [6, 6.07) is 29.4. The van der Waals surface area contributed by atoms with Gasteiger partial charge in [0.1, 0.15) is 5.69 Å². The number of benzene rings is 2. The molecule has 2 heterocycles. The highest BCUT2D eigenvalue weighted by atomic mass is 31.1. The molecule has 0 saturated carbocycles. The van der Waals surface area contributed by atoms with Gasteiger partial charge in [0.2, 0.25) is 0 Å². The van der Waals surface area contributed by atoms with Crippen LogP contribution in [-0.2, 0) is 6.16 Å². The van der Waals surface area contributed by atoms with Gasteiger partial charge < -0.3 is 0 Å². The summed E-state index contributed by atoms with van der Waals surface area (Å²) >= 11 is 0. The van der Waals surface area contributed by atoms with Crippen LogP contribution in [0.5, 0.6) is 0 Å². The van der Waals surface area contributed by atoms with Crippen LogP contribution in [-0.4, -0.2) is 15.2 Å². The SMILES string of the molecule is c1ccc(P(Cc2cc(-c3ccccn3)n[nH]2)c2ccccc2)cc1. The van der Waals surface area contributed by atoms with Crippen molar-refractivity contribution >= 4 is 18.5 Å². The van der Waals surface area contributed by atoms with E-state index in [1.54, 1.807) is 6.20 Å². The Bertz CT molecular complexity index is 882. The van der Waals surface area contributed by atoms with Gasteiger partial charge in [-0.25, -0.2) is 0 Å². The van der Waals surface area contributed by atoms with E-state index in [4.69, 9.17) is 0 Å². The van der Waals surface area contributed by atoms with Crippen molar-refractivity contribution < 1.29 is 0 Å². The van der Waals surface area contributed by atoms with Crippen LogP contribution in [0.4, 0.5) is 0 Å². The van der Waals surface area contributed by atoms with E-state index >= 15 is 0 Å². The van der Waals surface area contributed by atoms with E-state index in [1.165, 1.54) is 10.6 Å². The van der Waals surface area contributed by atoms with Crippen LogP contribution in [0.25, 0.3) is 11.4 Å². The van der Waals surface area contributed by atoms with Crippen molar-refractivity contribution in [3.8, 4) is 11.4 Å². The fourth-order valence-corrected chi connectivity index (χ4v) is 5.04. The first-order valence-corrected chi connectivity index (χ1v) is 9.76. The zero-order valence-electron chi connectivity index (χ0n) is 13.7. The summed E-state index contributed by atoms with van der Waals surface area (Å²) in [6.45, 7) is 0. The second-order valence-corrected chi connectivity index (χ2v) is 7.96. The molecule has 0 atom stereocenters. The van der Waals surface area contributed by atoms with Gasteiger partial charge >= 0.3 is 0 Å². The number of hydrogen-bond donors (Lipinski definition) is 1. The van der Waals surface area contributed by atoms with E-state index in [2.05, 4.69) is 81.9 Å². The van der Waals surface area contributed by atoms with Crippen LogP contribution in [0.2, 0.25) is 0 Å². The minimum Gasteiger partial charge on any atom is -0.282 e. The molecule has 0 aliphatic heterocycles. The van der Waals surface area contributed by atoms with Crippen LogP contribution >= 0.6 is 7.92 Å². The molecule has 0 bridgehead atoms. The fraction of sp³-hybridized carbons (Fsp3) is 0.0476. The number of nitrogens with one attached hydrogen (secondary N) is 1. The van der Waals surface area contributed by atoms with Gasteiger partial charge in [-0.15, -0.1) is 0 Å². The number of nitrogens with zero attached hydrogens (tertiary/aromatic N) is 2. The molecule has 4 aromatic rings. The van der Waals surface area contributed by atoms with Gasteiger partial charge in [0.15, 0.2) is 0 Å². The lowest BCUT2D eigenvalue weighted by molar-refractivity contribution is 1.03. The first kappa shape index (κ1) is 15.7. The van der Waals surface area contributed by atoms with Crippen LogP contribution < -0.4 is 10.6 Å². The van der Waals surface area contributed by atoms with E-state index in [0.717, 1.165) is 23.2 Å². The van der Waals surface area contributed by atoms with Crippen LogP contribution in [0.15, 0.2) is 91.1 Å². The van der Waals surface area contributed by atoms with E-state index in [-0.39, 0.29) is 0 Å². The molecule has 25 heavy (non-hydrogen) atoms. The Labute approximate surface area is 148 Å². The molecule has 0 saturated heterocycles. The maximum atomic E-state index is 4.45. The van der Waals surface area contributed by atoms with Crippen molar-refractivity contribution in [1.82, 2.24) is 15.2 Å². The van der Waals surface area contributed by atoms with E-state index < -0.39 is 7.92 Å². The number of hydrogen-bond acceptors (Lipinski definition) is 2. The first-order valence-electron chi connectivity index (χ1n) is 8.23. The average molecular weight is 343 g/mol. The number of H-pyrrole nitrogens is 1. The minimum atomic E-state index is -0.474. The molecule has 0 aliphatic rings. The molecular weight excluding hydrogens is 325 g/mol. The summed E-state index contributed by atoms with van der Waals surface area (Å²) in [6.07, 6.45) is 2.73. The molecular formula is C21H18N3P. The highest BCUT2D eigenvalue weighted by molar-refractivity contribution is 7.72.